The molecule has 0 fully saturated rings. The van der Waals surface area contributed by atoms with Crippen molar-refractivity contribution < 1.29 is 4.79 Å². The molecule has 6 heteroatoms. The smallest absolute Gasteiger partial charge is 0.255 e. The molecule has 122 valence electrons. The largest absolute Gasteiger partial charge is 0.319 e. The molecule has 1 N–H and O–H groups in total. The number of nitrogens with zero attached hydrogens (tertiary/aromatic N) is 4. The van der Waals surface area contributed by atoms with Gasteiger partial charge in [0.05, 0.1) is 36.2 Å². The first kappa shape index (κ1) is 14.9. The number of rotatable bonds is 4. The number of anilines is 1. The van der Waals surface area contributed by atoms with Gasteiger partial charge in [-0.2, -0.15) is 10.2 Å². The number of carbonyl (C=O) groups excluding carboxylic acids is 1. The third-order valence-electron chi connectivity index (χ3n) is 3.73. The third-order valence-corrected chi connectivity index (χ3v) is 3.73. The number of aromatic nitrogens is 4. The maximum Gasteiger partial charge on any atom is 0.255 e. The molecular formula is C19H15N5O. The number of para-hydroxylation sites is 1. The van der Waals surface area contributed by atoms with Gasteiger partial charge in [0.25, 0.3) is 5.91 Å². The van der Waals surface area contributed by atoms with E-state index in [4.69, 9.17) is 0 Å². The lowest BCUT2D eigenvalue weighted by Crippen LogP contribution is -2.10. The van der Waals surface area contributed by atoms with Crippen molar-refractivity contribution in [2.75, 3.05) is 5.32 Å². The topological polar surface area (TPSA) is 64.7 Å². The highest BCUT2D eigenvalue weighted by Crippen LogP contribution is 2.14. The summed E-state index contributed by atoms with van der Waals surface area (Å²) in [7, 11) is 0. The van der Waals surface area contributed by atoms with Crippen LogP contribution in [0.1, 0.15) is 10.4 Å². The van der Waals surface area contributed by atoms with Crippen molar-refractivity contribution in [1.29, 1.82) is 0 Å². The van der Waals surface area contributed by atoms with Gasteiger partial charge in [-0.1, -0.05) is 36.4 Å². The number of benzene rings is 2. The summed E-state index contributed by atoms with van der Waals surface area (Å²) in [6, 6.07) is 18.9. The van der Waals surface area contributed by atoms with Crippen LogP contribution in [0, 0.1) is 0 Å². The second-order valence-corrected chi connectivity index (χ2v) is 5.47. The van der Waals surface area contributed by atoms with E-state index in [1.807, 2.05) is 54.7 Å². The Morgan fingerprint density at radius 1 is 0.760 bits per heavy atom. The van der Waals surface area contributed by atoms with Gasteiger partial charge < -0.3 is 5.32 Å². The minimum atomic E-state index is -0.167. The Hall–Kier alpha value is -3.67. The average molecular weight is 329 g/mol. The molecule has 0 spiro atoms. The summed E-state index contributed by atoms with van der Waals surface area (Å²) >= 11 is 0. The van der Waals surface area contributed by atoms with Gasteiger partial charge in [0.1, 0.15) is 5.69 Å². The van der Waals surface area contributed by atoms with E-state index in [1.165, 1.54) is 0 Å². The lowest BCUT2D eigenvalue weighted by atomic mass is 10.2. The first-order valence-corrected chi connectivity index (χ1v) is 7.81. The number of hydrogen-bond acceptors (Lipinski definition) is 3. The van der Waals surface area contributed by atoms with Crippen molar-refractivity contribution in [1.82, 2.24) is 19.6 Å². The molecule has 0 bridgehead atoms. The van der Waals surface area contributed by atoms with Crippen LogP contribution in [-0.4, -0.2) is 25.5 Å². The molecule has 25 heavy (non-hydrogen) atoms. The molecule has 2 heterocycles. The summed E-state index contributed by atoms with van der Waals surface area (Å²) in [6.45, 7) is 0. The molecule has 2 aromatic carbocycles. The van der Waals surface area contributed by atoms with Gasteiger partial charge in [-0.25, -0.2) is 9.36 Å². The van der Waals surface area contributed by atoms with Crippen molar-refractivity contribution in [3.8, 4) is 11.4 Å². The fourth-order valence-electron chi connectivity index (χ4n) is 2.47. The average Bonchev–Trinajstić information content (AvgIpc) is 3.32. The predicted octanol–water partition coefficient (Wildman–Crippen LogP) is 3.31. The van der Waals surface area contributed by atoms with Gasteiger partial charge in [-0.05, 0) is 24.3 Å². The van der Waals surface area contributed by atoms with Crippen LogP contribution in [0.25, 0.3) is 11.4 Å². The summed E-state index contributed by atoms with van der Waals surface area (Å²) in [5, 5.41) is 11.5. The highest BCUT2D eigenvalue weighted by atomic mass is 16.1. The molecule has 0 aliphatic carbocycles. The van der Waals surface area contributed by atoms with Crippen LogP contribution < -0.4 is 5.32 Å². The zero-order valence-electron chi connectivity index (χ0n) is 13.3. The van der Waals surface area contributed by atoms with E-state index in [1.54, 1.807) is 40.1 Å². The molecule has 6 nitrogen and oxygen atoms in total. The Balaban J connectivity index is 1.52. The lowest BCUT2D eigenvalue weighted by Gasteiger charge is -2.01. The van der Waals surface area contributed by atoms with Crippen LogP contribution in [0.5, 0.6) is 0 Å². The predicted molar refractivity (Wildman–Crippen MR) is 95.1 cm³/mol. The van der Waals surface area contributed by atoms with Crippen LogP contribution in [0.4, 0.5) is 5.69 Å². The Morgan fingerprint density at radius 2 is 1.40 bits per heavy atom. The summed E-state index contributed by atoms with van der Waals surface area (Å²) < 4.78 is 3.45. The lowest BCUT2D eigenvalue weighted by molar-refractivity contribution is 0.102. The fourth-order valence-corrected chi connectivity index (χ4v) is 2.47. The monoisotopic (exact) mass is 329 g/mol. The van der Waals surface area contributed by atoms with Crippen LogP contribution in [0.2, 0.25) is 0 Å². The molecule has 0 aliphatic rings. The SMILES string of the molecule is O=C(Nc1cnn(-c2cnn(-c3ccccc3)c2)c1)c1ccccc1. The quantitative estimate of drug-likeness (QED) is 0.625. The molecule has 4 aromatic rings. The molecule has 1 amide bonds. The highest BCUT2D eigenvalue weighted by Gasteiger charge is 2.09. The van der Waals surface area contributed by atoms with E-state index < -0.39 is 0 Å². The number of carbonyl (C=O) groups is 1. The molecule has 0 saturated heterocycles. The first-order chi connectivity index (χ1) is 12.3. The molecule has 2 aromatic heterocycles. The summed E-state index contributed by atoms with van der Waals surface area (Å²) in [6.07, 6.45) is 6.97. The zero-order chi connectivity index (χ0) is 17.1. The number of amides is 1. The van der Waals surface area contributed by atoms with Crippen molar-refractivity contribution >= 4 is 11.6 Å². The van der Waals surface area contributed by atoms with E-state index >= 15 is 0 Å². The van der Waals surface area contributed by atoms with Crippen LogP contribution >= 0.6 is 0 Å². The van der Waals surface area contributed by atoms with Crippen molar-refractivity contribution in [3.63, 3.8) is 0 Å². The molecular weight excluding hydrogens is 314 g/mol. The maximum atomic E-state index is 12.2. The van der Waals surface area contributed by atoms with E-state index in [-0.39, 0.29) is 5.91 Å². The molecule has 0 radical (unpaired) electrons. The van der Waals surface area contributed by atoms with Gasteiger partial charge >= 0.3 is 0 Å². The second-order valence-electron chi connectivity index (χ2n) is 5.47. The Kier molecular flexibility index (Phi) is 3.84. The van der Waals surface area contributed by atoms with Gasteiger partial charge in [-0.3, -0.25) is 4.79 Å². The van der Waals surface area contributed by atoms with Crippen LogP contribution in [0.3, 0.4) is 0 Å². The van der Waals surface area contributed by atoms with Crippen LogP contribution in [0.15, 0.2) is 85.5 Å². The maximum absolute atomic E-state index is 12.2. The number of hydrogen-bond donors (Lipinski definition) is 1. The third kappa shape index (κ3) is 3.18. The van der Waals surface area contributed by atoms with Crippen molar-refractivity contribution in [2.24, 2.45) is 0 Å². The number of nitrogens with one attached hydrogen (secondary N) is 1. The fraction of sp³-hybridized carbons (Fsp3) is 0. The van der Waals surface area contributed by atoms with E-state index in [0.717, 1.165) is 11.4 Å². The summed E-state index contributed by atoms with van der Waals surface area (Å²) in [5.74, 6) is -0.167. The highest BCUT2D eigenvalue weighted by molar-refractivity contribution is 6.04. The standard InChI is InChI=1S/C19H15N5O/c25-19(15-7-3-1-4-8-15)22-16-11-20-23(13-16)18-12-21-24(14-18)17-9-5-2-6-10-17/h1-14H,(H,22,25). The second kappa shape index (κ2) is 6.45. The zero-order valence-corrected chi connectivity index (χ0v) is 13.3. The van der Waals surface area contributed by atoms with E-state index in [2.05, 4.69) is 15.5 Å². The Labute approximate surface area is 144 Å². The summed E-state index contributed by atoms with van der Waals surface area (Å²) in [4.78, 5) is 12.2. The minimum absolute atomic E-state index is 0.167. The van der Waals surface area contributed by atoms with Gasteiger partial charge in [0.2, 0.25) is 0 Å². The van der Waals surface area contributed by atoms with E-state index in [9.17, 15) is 4.79 Å². The molecule has 0 aliphatic heterocycles. The molecule has 0 atom stereocenters. The van der Waals surface area contributed by atoms with Crippen molar-refractivity contribution in [3.05, 3.63) is 91.0 Å². The normalized spacial score (nSPS) is 10.6. The van der Waals surface area contributed by atoms with Gasteiger partial charge in [0.15, 0.2) is 0 Å². The van der Waals surface area contributed by atoms with Crippen molar-refractivity contribution in [2.45, 2.75) is 0 Å². The molecule has 4 rings (SSSR count). The Morgan fingerprint density at radius 3 is 2.16 bits per heavy atom. The minimum Gasteiger partial charge on any atom is -0.319 e. The Bertz CT molecular complexity index is 989. The van der Waals surface area contributed by atoms with Crippen LogP contribution in [-0.2, 0) is 0 Å². The first-order valence-electron chi connectivity index (χ1n) is 7.81. The summed E-state index contributed by atoms with van der Waals surface area (Å²) in [5.41, 5.74) is 3.01. The molecule has 0 saturated carbocycles. The molecule has 0 unspecified atom stereocenters. The van der Waals surface area contributed by atoms with Gasteiger partial charge in [-0.15, -0.1) is 0 Å². The van der Waals surface area contributed by atoms with Gasteiger partial charge in [0, 0.05) is 5.56 Å². The van der Waals surface area contributed by atoms with E-state index in [0.29, 0.717) is 11.3 Å².